The summed E-state index contributed by atoms with van der Waals surface area (Å²) >= 11 is 1.62. The van der Waals surface area contributed by atoms with E-state index in [9.17, 15) is 0 Å². The van der Waals surface area contributed by atoms with Crippen molar-refractivity contribution in [2.45, 2.75) is 98.2 Å². The lowest BCUT2D eigenvalue weighted by molar-refractivity contribution is 0.00578. The van der Waals surface area contributed by atoms with Gasteiger partial charge in [0.1, 0.15) is 5.75 Å². The smallest absolute Gasteiger partial charge is 0.466 e. The molecule has 1 aromatic carbocycles. The van der Waals surface area contributed by atoms with Crippen molar-refractivity contribution in [3.05, 3.63) is 34.7 Å². The minimum absolute atomic E-state index is 0.0346. The Hall–Kier alpha value is -1.34. The van der Waals surface area contributed by atoms with Gasteiger partial charge in [0.25, 0.3) is 0 Å². The summed E-state index contributed by atoms with van der Waals surface area (Å²) in [6, 6.07) is 6.92. The molecular weight excluding hydrogens is 431 g/mol. The average Bonchev–Trinajstić information content (AvgIpc) is 3.18. The molecule has 1 aliphatic rings. The molecule has 1 aromatic heterocycles. The van der Waals surface area contributed by atoms with E-state index in [-0.39, 0.29) is 17.6 Å². The zero-order chi connectivity index (χ0) is 24.8. The Bertz CT molecular complexity index is 931. The van der Waals surface area contributed by atoms with Crippen molar-refractivity contribution in [2.24, 2.45) is 0 Å². The monoisotopic (exact) mass is 472 g/mol. The number of hydrogen-bond acceptors (Lipinski definition) is 5. The first kappa shape index (κ1) is 26.3. The number of benzene rings is 1. The molecule has 0 saturated carbocycles. The largest absolute Gasteiger partial charge is 0.509 e. The first-order valence-electron chi connectivity index (χ1n) is 11.9. The molecule has 1 fully saturated rings. The SMILES string of the molecule is CCOCOc1c(-c2cc(C(C)(C)C)cc(C(C)(C)C)c2)csc1B1OC(C)(C)C(C)(C)O1. The molecule has 0 atom stereocenters. The van der Waals surface area contributed by atoms with E-state index in [1.807, 2.05) is 6.92 Å². The highest BCUT2D eigenvalue weighted by Gasteiger charge is 2.53. The molecule has 2 heterocycles. The van der Waals surface area contributed by atoms with E-state index in [1.54, 1.807) is 11.3 Å². The van der Waals surface area contributed by atoms with Crippen LogP contribution in [0.5, 0.6) is 5.75 Å². The summed E-state index contributed by atoms with van der Waals surface area (Å²) in [5.74, 6) is 0.790. The predicted molar refractivity (Wildman–Crippen MR) is 140 cm³/mol. The van der Waals surface area contributed by atoms with Gasteiger partial charge >= 0.3 is 7.12 Å². The lowest BCUT2D eigenvalue weighted by Gasteiger charge is -2.32. The fourth-order valence-electron chi connectivity index (χ4n) is 3.66. The van der Waals surface area contributed by atoms with Gasteiger partial charge in [-0.05, 0) is 62.1 Å². The van der Waals surface area contributed by atoms with Gasteiger partial charge in [0.2, 0.25) is 0 Å². The van der Waals surface area contributed by atoms with E-state index in [1.165, 1.54) is 11.1 Å². The van der Waals surface area contributed by atoms with Gasteiger partial charge < -0.3 is 18.8 Å². The Morgan fingerprint density at radius 3 is 1.85 bits per heavy atom. The van der Waals surface area contributed by atoms with E-state index in [0.29, 0.717) is 6.61 Å². The Morgan fingerprint density at radius 2 is 1.39 bits per heavy atom. The summed E-state index contributed by atoms with van der Waals surface area (Å²) in [4.78, 5) is 0. The third-order valence-electron chi connectivity index (χ3n) is 6.71. The maximum absolute atomic E-state index is 6.37. The second-order valence-corrected chi connectivity index (χ2v) is 12.9. The van der Waals surface area contributed by atoms with Gasteiger partial charge in [-0.25, -0.2) is 0 Å². The molecule has 0 radical (unpaired) electrons. The van der Waals surface area contributed by atoms with Crippen LogP contribution in [0.15, 0.2) is 23.6 Å². The second-order valence-electron chi connectivity index (χ2n) is 12.0. The highest BCUT2D eigenvalue weighted by molar-refractivity contribution is 7.21. The summed E-state index contributed by atoms with van der Waals surface area (Å²) in [7, 11) is -0.474. The zero-order valence-corrected chi connectivity index (χ0v) is 23.2. The van der Waals surface area contributed by atoms with E-state index in [0.717, 1.165) is 21.7 Å². The third-order valence-corrected chi connectivity index (χ3v) is 7.69. The number of thiophene rings is 1. The van der Waals surface area contributed by atoms with Gasteiger partial charge in [-0.2, -0.15) is 0 Å². The fraction of sp³-hybridized carbons (Fsp3) is 0.630. The van der Waals surface area contributed by atoms with Crippen LogP contribution in [0, 0.1) is 0 Å². The number of ether oxygens (including phenoxy) is 2. The molecule has 182 valence electrons. The molecule has 3 rings (SSSR count). The van der Waals surface area contributed by atoms with Crippen molar-refractivity contribution in [3.8, 4) is 16.9 Å². The van der Waals surface area contributed by atoms with Crippen LogP contribution in [-0.4, -0.2) is 31.7 Å². The van der Waals surface area contributed by atoms with E-state index in [2.05, 4.69) is 92.8 Å². The summed E-state index contributed by atoms with van der Waals surface area (Å²) in [6.07, 6.45) is 0. The lowest BCUT2D eigenvalue weighted by atomic mass is 9.78. The van der Waals surface area contributed by atoms with Crippen molar-refractivity contribution >= 4 is 23.2 Å². The van der Waals surface area contributed by atoms with Crippen molar-refractivity contribution in [3.63, 3.8) is 0 Å². The lowest BCUT2D eigenvalue weighted by Crippen LogP contribution is -2.41. The topological polar surface area (TPSA) is 36.9 Å². The van der Waals surface area contributed by atoms with Gasteiger partial charge in [0, 0.05) is 17.6 Å². The predicted octanol–water partition coefficient (Wildman–Crippen LogP) is 6.68. The second kappa shape index (κ2) is 9.03. The maximum Gasteiger partial charge on any atom is 0.509 e. The Morgan fingerprint density at radius 1 is 0.879 bits per heavy atom. The molecule has 2 aromatic rings. The normalized spacial score (nSPS) is 18.1. The third kappa shape index (κ3) is 5.50. The molecule has 1 saturated heterocycles. The van der Waals surface area contributed by atoms with Crippen molar-refractivity contribution < 1.29 is 18.8 Å². The van der Waals surface area contributed by atoms with Gasteiger partial charge in [-0.3, -0.25) is 0 Å². The molecule has 0 bridgehead atoms. The van der Waals surface area contributed by atoms with Gasteiger partial charge in [-0.1, -0.05) is 59.7 Å². The molecule has 0 aliphatic carbocycles. The molecule has 33 heavy (non-hydrogen) atoms. The van der Waals surface area contributed by atoms with Crippen LogP contribution in [0.3, 0.4) is 0 Å². The van der Waals surface area contributed by atoms with Crippen LogP contribution in [-0.2, 0) is 24.9 Å². The van der Waals surface area contributed by atoms with Crippen LogP contribution in [0.4, 0.5) is 0 Å². The van der Waals surface area contributed by atoms with Gasteiger partial charge in [0.15, 0.2) is 6.79 Å². The van der Waals surface area contributed by atoms with Gasteiger partial charge in [0.05, 0.1) is 16.0 Å². The molecule has 0 N–H and O–H groups in total. The van der Waals surface area contributed by atoms with Crippen LogP contribution in [0.2, 0.25) is 0 Å². The molecule has 1 aliphatic heterocycles. The fourth-order valence-corrected chi connectivity index (χ4v) is 4.63. The zero-order valence-electron chi connectivity index (χ0n) is 22.3. The minimum atomic E-state index is -0.474. The first-order chi connectivity index (χ1) is 15.1. The maximum atomic E-state index is 6.37. The summed E-state index contributed by atoms with van der Waals surface area (Å²) in [5.41, 5.74) is 4.07. The number of rotatable bonds is 6. The van der Waals surface area contributed by atoms with E-state index in [4.69, 9.17) is 18.8 Å². The van der Waals surface area contributed by atoms with Crippen molar-refractivity contribution in [1.29, 1.82) is 0 Å². The highest BCUT2D eigenvalue weighted by Crippen LogP contribution is 2.42. The van der Waals surface area contributed by atoms with Crippen LogP contribution in [0.1, 0.15) is 87.3 Å². The standard InChI is InChI=1S/C27H41BO4S/c1-12-29-17-30-22-21(16-33-23(22)28-31-26(8,9)27(10,11)32-28)18-13-19(24(2,3)4)15-20(14-18)25(5,6)7/h13-16H,12,17H2,1-11H3. The minimum Gasteiger partial charge on any atom is -0.466 e. The van der Waals surface area contributed by atoms with E-state index >= 15 is 0 Å². The molecule has 0 amide bonds. The quantitative estimate of drug-likeness (QED) is 0.267. The molecule has 0 spiro atoms. The van der Waals surface area contributed by atoms with Gasteiger partial charge in [-0.15, -0.1) is 11.3 Å². The highest BCUT2D eigenvalue weighted by atomic mass is 32.1. The Labute approximate surface area is 205 Å². The Balaban J connectivity index is 2.14. The average molecular weight is 473 g/mol. The van der Waals surface area contributed by atoms with E-state index < -0.39 is 18.3 Å². The van der Waals surface area contributed by atoms with Crippen LogP contribution >= 0.6 is 11.3 Å². The molecule has 6 heteroatoms. The molecule has 0 unspecified atom stereocenters. The molecule has 4 nitrogen and oxygen atoms in total. The summed E-state index contributed by atoms with van der Waals surface area (Å²) in [5, 5.41) is 2.16. The van der Waals surface area contributed by atoms with Crippen molar-refractivity contribution in [1.82, 2.24) is 0 Å². The van der Waals surface area contributed by atoms with Crippen LogP contribution < -0.4 is 9.51 Å². The first-order valence-corrected chi connectivity index (χ1v) is 12.8. The Kier molecular flexibility index (Phi) is 7.19. The number of hydrogen-bond donors (Lipinski definition) is 0. The summed E-state index contributed by atoms with van der Waals surface area (Å²) in [6.45, 7) is 24.6. The van der Waals surface area contributed by atoms with Crippen molar-refractivity contribution in [2.75, 3.05) is 13.4 Å². The molecular formula is C27H41BO4S. The summed E-state index contributed by atoms with van der Waals surface area (Å²) < 4.78 is 25.5. The van der Waals surface area contributed by atoms with Crippen LogP contribution in [0.25, 0.3) is 11.1 Å².